The third-order valence-corrected chi connectivity index (χ3v) is 4.47. The van der Waals surface area contributed by atoms with Crippen LogP contribution in [0, 0.1) is 0 Å². The van der Waals surface area contributed by atoms with Gasteiger partial charge in [-0.1, -0.05) is 29.3 Å². The van der Waals surface area contributed by atoms with Crippen molar-refractivity contribution in [3.8, 4) is 0 Å². The SMILES string of the molecule is CN(C)[C@H](CNC(=O)c1nc(Cl)ccc1Cl)c1cccs1. The van der Waals surface area contributed by atoms with E-state index in [4.69, 9.17) is 23.2 Å². The predicted molar refractivity (Wildman–Crippen MR) is 87.3 cm³/mol. The van der Waals surface area contributed by atoms with E-state index < -0.39 is 0 Å². The Morgan fingerprint density at radius 1 is 1.38 bits per heavy atom. The summed E-state index contributed by atoms with van der Waals surface area (Å²) in [5.41, 5.74) is 0.146. The standard InChI is InChI=1S/C14H15Cl2N3OS/c1-19(2)10(11-4-3-7-21-11)8-17-14(20)13-9(15)5-6-12(16)18-13/h3-7,10H,8H2,1-2H3,(H,17,20)/t10-/m1/s1. The molecule has 7 heteroatoms. The number of nitrogens with zero attached hydrogens (tertiary/aromatic N) is 2. The van der Waals surface area contributed by atoms with Crippen LogP contribution < -0.4 is 5.32 Å². The maximum absolute atomic E-state index is 12.2. The van der Waals surface area contributed by atoms with E-state index in [-0.39, 0.29) is 27.8 Å². The molecule has 0 aromatic carbocycles. The highest BCUT2D eigenvalue weighted by Crippen LogP contribution is 2.23. The molecule has 0 spiro atoms. The number of likely N-dealkylation sites (N-methyl/N-ethyl adjacent to an activating group) is 1. The summed E-state index contributed by atoms with van der Waals surface area (Å²) in [5, 5.41) is 5.40. The summed E-state index contributed by atoms with van der Waals surface area (Å²) in [7, 11) is 3.95. The third kappa shape index (κ3) is 4.17. The largest absolute Gasteiger partial charge is 0.349 e. The monoisotopic (exact) mass is 343 g/mol. The van der Waals surface area contributed by atoms with E-state index in [1.54, 1.807) is 23.5 Å². The molecule has 0 bridgehead atoms. The molecule has 2 aromatic rings. The number of carbonyl (C=O) groups excluding carboxylic acids is 1. The first-order valence-corrected chi connectivity index (χ1v) is 7.92. The number of nitrogens with one attached hydrogen (secondary N) is 1. The lowest BCUT2D eigenvalue weighted by Gasteiger charge is -2.23. The van der Waals surface area contributed by atoms with Gasteiger partial charge in [-0.05, 0) is 37.7 Å². The number of hydrogen-bond acceptors (Lipinski definition) is 4. The number of amides is 1. The van der Waals surface area contributed by atoms with Crippen LogP contribution >= 0.6 is 34.5 Å². The van der Waals surface area contributed by atoms with E-state index in [9.17, 15) is 4.79 Å². The summed E-state index contributed by atoms with van der Waals surface area (Å²) in [6.45, 7) is 0.469. The lowest BCUT2D eigenvalue weighted by atomic mass is 10.2. The third-order valence-electron chi connectivity index (χ3n) is 2.98. The fraction of sp³-hybridized carbons (Fsp3) is 0.286. The molecule has 0 unspecified atom stereocenters. The van der Waals surface area contributed by atoms with Crippen LogP contribution in [-0.4, -0.2) is 36.4 Å². The minimum Gasteiger partial charge on any atom is -0.349 e. The number of hydrogen-bond donors (Lipinski definition) is 1. The van der Waals surface area contributed by atoms with Crippen molar-refractivity contribution in [1.29, 1.82) is 0 Å². The second kappa shape index (κ2) is 7.22. The summed E-state index contributed by atoms with van der Waals surface area (Å²) in [4.78, 5) is 19.4. The number of pyridine rings is 1. The van der Waals surface area contributed by atoms with Gasteiger partial charge in [-0.2, -0.15) is 0 Å². The minimum absolute atomic E-state index is 0.104. The maximum Gasteiger partial charge on any atom is 0.271 e. The number of carbonyl (C=O) groups is 1. The molecular formula is C14H15Cl2N3OS. The molecule has 0 saturated carbocycles. The minimum atomic E-state index is -0.328. The second-order valence-electron chi connectivity index (χ2n) is 4.67. The van der Waals surface area contributed by atoms with E-state index in [0.29, 0.717) is 6.54 Å². The lowest BCUT2D eigenvalue weighted by molar-refractivity contribution is 0.0937. The van der Waals surface area contributed by atoms with Gasteiger partial charge in [0, 0.05) is 11.4 Å². The number of rotatable bonds is 5. The van der Waals surface area contributed by atoms with Crippen LogP contribution in [0.25, 0.3) is 0 Å². The van der Waals surface area contributed by atoms with Crippen molar-refractivity contribution in [1.82, 2.24) is 15.2 Å². The summed E-state index contributed by atoms with van der Waals surface area (Å²) < 4.78 is 0. The van der Waals surface area contributed by atoms with Gasteiger partial charge in [0.25, 0.3) is 5.91 Å². The summed E-state index contributed by atoms with van der Waals surface area (Å²) in [6, 6.07) is 7.26. The van der Waals surface area contributed by atoms with Crippen LogP contribution in [0.2, 0.25) is 10.2 Å². The van der Waals surface area contributed by atoms with Crippen molar-refractivity contribution in [3.63, 3.8) is 0 Å². The van der Waals surface area contributed by atoms with Crippen molar-refractivity contribution in [2.24, 2.45) is 0 Å². The maximum atomic E-state index is 12.2. The Morgan fingerprint density at radius 2 is 2.14 bits per heavy atom. The average molecular weight is 344 g/mol. The van der Waals surface area contributed by atoms with Crippen molar-refractivity contribution in [2.45, 2.75) is 6.04 Å². The predicted octanol–water partition coefficient (Wildman–Crippen LogP) is 3.48. The zero-order chi connectivity index (χ0) is 15.4. The van der Waals surface area contributed by atoms with E-state index in [1.165, 1.54) is 4.88 Å². The molecule has 0 saturated heterocycles. The molecule has 4 nitrogen and oxygen atoms in total. The molecule has 0 aliphatic rings. The zero-order valence-corrected chi connectivity index (χ0v) is 14.0. The van der Waals surface area contributed by atoms with Crippen LogP contribution in [-0.2, 0) is 0 Å². The number of thiophene rings is 1. The van der Waals surface area contributed by atoms with Gasteiger partial charge >= 0.3 is 0 Å². The van der Waals surface area contributed by atoms with Gasteiger partial charge in [-0.15, -0.1) is 11.3 Å². The molecule has 112 valence electrons. The Hall–Kier alpha value is -1.14. The molecule has 0 aliphatic heterocycles. The van der Waals surface area contributed by atoms with E-state index >= 15 is 0 Å². The Morgan fingerprint density at radius 3 is 2.76 bits per heavy atom. The number of halogens is 2. The summed E-state index contributed by atoms with van der Waals surface area (Å²) in [6.07, 6.45) is 0. The molecule has 1 atom stereocenters. The van der Waals surface area contributed by atoms with Crippen LogP contribution in [0.5, 0.6) is 0 Å². The van der Waals surface area contributed by atoms with Crippen LogP contribution in [0.4, 0.5) is 0 Å². The second-order valence-corrected chi connectivity index (χ2v) is 6.44. The molecule has 0 aliphatic carbocycles. The Bertz CT molecular complexity index is 617. The van der Waals surface area contributed by atoms with Crippen LogP contribution in [0.3, 0.4) is 0 Å². The molecule has 0 fully saturated rings. The molecule has 2 rings (SSSR count). The topological polar surface area (TPSA) is 45.2 Å². The molecule has 0 radical (unpaired) electrons. The quantitative estimate of drug-likeness (QED) is 0.845. The average Bonchev–Trinajstić information content (AvgIpc) is 2.95. The molecule has 1 N–H and O–H groups in total. The summed E-state index contributed by atoms with van der Waals surface area (Å²) in [5.74, 6) is -0.328. The van der Waals surface area contributed by atoms with Crippen molar-refractivity contribution in [3.05, 3.63) is 50.4 Å². The zero-order valence-electron chi connectivity index (χ0n) is 11.6. The molecular weight excluding hydrogens is 329 g/mol. The fourth-order valence-electron chi connectivity index (χ4n) is 1.87. The van der Waals surface area contributed by atoms with Gasteiger partial charge < -0.3 is 10.2 Å². The first-order valence-electron chi connectivity index (χ1n) is 6.29. The molecule has 21 heavy (non-hydrogen) atoms. The Balaban J connectivity index is 2.07. The normalized spacial score (nSPS) is 12.4. The van der Waals surface area contributed by atoms with Gasteiger partial charge in [0.2, 0.25) is 0 Å². The fourth-order valence-corrected chi connectivity index (χ4v) is 3.13. The van der Waals surface area contributed by atoms with Crippen molar-refractivity contribution >= 4 is 40.4 Å². The lowest BCUT2D eigenvalue weighted by Crippen LogP contribution is -2.34. The highest BCUT2D eigenvalue weighted by Gasteiger charge is 2.18. The van der Waals surface area contributed by atoms with E-state index in [0.717, 1.165) is 0 Å². The first kappa shape index (κ1) is 16.2. The van der Waals surface area contributed by atoms with E-state index in [2.05, 4.69) is 15.2 Å². The van der Waals surface area contributed by atoms with Crippen molar-refractivity contribution in [2.75, 3.05) is 20.6 Å². The molecule has 2 aromatic heterocycles. The molecule has 1 amide bonds. The van der Waals surface area contributed by atoms with Gasteiger partial charge in [-0.25, -0.2) is 4.98 Å². The van der Waals surface area contributed by atoms with Gasteiger partial charge in [0.05, 0.1) is 11.1 Å². The van der Waals surface area contributed by atoms with Crippen LogP contribution in [0.15, 0.2) is 29.6 Å². The summed E-state index contributed by atoms with van der Waals surface area (Å²) >= 11 is 13.4. The van der Waals surface area contributed by atoms with Gasteiger partial charge in [0.15, 0.2) is 0 Å². The highest BCUT2D eigenvalue weighted by atomic mass is 35.5. The number of aromatic nitrogens is 1. The Kier molecular flexibility index (Phi) is 5.58. The smallest absolute Gasteiger partial charge is 0.271 e. The van der Waals surface area contributed by atoms with Crippen molar-refractivity contribution < 1.29 is 4.79 Å². The van der Waals surface area contributed by atoms with Crippen LogP contribution in [0.1, 0.15) is 21.4 Å². The van der Waals surface area contributed by atoms with Gasteiger partial charge in [0.1, 0.15) is 10.8 Å². The Labute approximate surface area is 137 Å². The van der Waals surface area contributed by atoms with E-state index in [1.807, 2.05) is 31.6 Å². The first-order chi connectivity index (χ1) is 9.99. The van der Waals surface area contributed by atoms with Gasteiger partial charge in [-0.3, -0.25) is 4.79 Å². The molecule has 2 heterocycles. The highest BCUT2D eigenvalue weighted by molar-refractivity contribution is 7.10.